The Kier molecular flexibility index (Phi) is 6.56. The summed E-state index contributed by atoms with van der Waals surface area (Å²) in [7, 11) is 0. The first-order valence-electron chi connectivity index (χ1n) is 8.59. The van der Waals surface area contributed by atoms with Crippen LogP contribution >= 0.6 is 31.9 Å². The van der Waals surface area contributed by atoms with Crippen LogP contribution in [0.2, 0.25) is 0 Å². The highest BCUT2D eigenvalue weighted by molar-refractivity contribution is 9.10. The lowest BCUT2D eigenvalue weighted by Gasteiger charge is -2.13. The zero-order valence-electron chi connectivity index (χ0n) is 15.7. The third kappa shape index (κ3) is 5.04. The Balaban J connectivity index is 1.64. The number of nitrogens with zero attached hydrogens (tertiary/aromatic N) is 4. The van der Waals surface area contributed by atoms with E-state index in [1.807, 2.05) is 12.1 Å². The van der Waals surface area contributed by atoms with E-state index in [9.17, 15) is 18.0 Å². The average molecular weight is 551 g/mol. The SMILES string of the molecule is Cc1c(Br)c(C(F)(F)F)nn1C(C)C(=O)Nc1cnn(COc2ccc(Br)cc2)c1. The first-order valence-corrected chi connectivity index (χ1v) is 10.2. The van der Waals surface area contributed by atoms with E-state index in [0.717, 1.165) is 9.15 Å². The molecule has 2 heterocycles. The molecule has 1 aromatic carbocycles. The summed E-state index contributed by atoms with van der Waals surface area (Å²) in [5.41, 5.74) is -0.493. The van der Waals surface area contributed by atoms with Gasteiger partial charge in [0.1, 0.15) is 11.8 Å². The van der Waals surface area contributed by atoms with Gasteiger partial charge >= 0.3 is 6.18 Å². The molecule has 0 radical (unpaired) electrons. The van der Waals surface area contributed by atoms with Crippen molar-refractivity contribution in [2.75, 3.05) is 5.32 Å². The van der Waals surface area contributed by atoms with Crippen LogP contribution in [-0.4, -0.2) is 25.5 Å². The van der Waals surface area contributed by atoms with Crippen LogP contribution in [0.3, 0.4) is 0 Å². The molecule has 1 atom stereocenters. The second-order valence-corrected chi connectivity index (χ2v) is 8.06. The summed E-state index contributed by atoms with van der Waals surface area (Å²) in [5.74, 6) is 0.114. The minimum atomic E-state index is -4.62. The van der Waals surface area contributed by atoms with Crippen molar-refractivity contribution in [1.29, 1.82) is 0 Å². The fourth-order valence-corrected chi connectivity index (χ4v) is 3.33. The van der Waals surface area contributed by atoms with Crippen LogP contribution in [0.15, 0.2) is 45.6 Å². The van der Waals surface area contributed by atoms with Gasteiger partial charge in [-0.15, -0.1) is 0 Å². The summed E-state index contributed by atoms with van der Waals surface area (Å²) in [6.45, 7) is 3.03. The number of rotatable bonds is 6. The lowest BCUT2D eigenvalue weighted by Crippen LogP contribution is -2.25. The largest absolute Gasteiger partial charge is 0.471 e. The summed E-state index contributed by atoms with van der Waals surface area (Å²) >= 11 is 6.24. The van der Waals surface area contributed by atoms with Crippen LogP contribution in [0.25, 0.3) is 0 Å². The number of ether oxygens (including phenoxy) is 1. The zero-order valence-corrected chi connectivity index (χ0v) is 18.9. The summed E-state index contributed by atoms with van der Waals surface area (Å²) in [6, 6.07) is 6.28. The van der Waals surface area contributed by atoms with Gasteiger partial charge in [0.15, 0.2) is 12.4 Å². The number of nitrogens with one attached hydrogen (secondary N) is 1. The normalized spacial score (nSPS) is 12.6. The van der Waals surface area contributed by atoms with E-state index in [1.165, 1.54) is 24.7 Å². The minimum absolute atomic E-state index is 0.118. The predicted octanol–water partition coefficient (Wildman–Crippen LogP) is 5.17. The van der Waals surface area contributed by atoms with E-state index in [0.29, 0.717) is 11.4 Å². The Morgan fingerprint density at radius 3 is 2.53 bits per heavy atom. The minimum Gasteiger partial charge on any atom is -0.471 e. The van der Waals surface area contributed by atoms with Gasteiger partial charge in [0, 0.05) is 4.47 Å². The van der Waals surface area contributed by atoms with Crippen LogP contribution in [0.1, 0.15) is 24.4 Å². The molecule has 7 nitrogen and oxygen atoms in total. The van der Waals surface area contributed by atoms with Gasteiger partial charge in [-0.2, -0.15) is 23.4 Å². The van der Waals surface area contributed by atoms with Crippen LogP contribution in [0, 0.1) is 6.92 Å². The van der Waals surface area contributed by atoms with E-state index < -0.39 is 23.8 Å². The lowest BCUT2D eigenvalue weighted by molar-refractivity contribution is -0.142. The molecule has 12 heteroatoms. The fourth-order valence-electron chi connectivity index (χ4n) is 2.58. The monoisotopic (exact) mass is 549 g/mol. The molecule has 1 unspecified atom stereocenters. The Bertz CT molecular complexity index is 1050. The molecule has 0 aliphatic rings. The highest BCUT2D eigenvalue weighted by Gasteiger charge is 2.39. The van der Waals surface area contributed by atoms with Crippen molar-refractivity contribution < 1.29 is 22.7 Å². The Morgan fingerprint density at radius 2 is 1.93 bits per heavy atom. The van der Waals surface area contributed by atoms with Gasteiger partial charge in [-0.3, -0.25) is 9.48 Å². The number of aromatic nitrogens is 4. The van der Waals surface area contributed by atoms with Gasteiger partial charge in [0.05, 0.1) is 28.2 Å². The van der Waals surface area contributed by atoms with Crippen LogP contribution in [0.5, 0.6) is 5.75 Å². The molecule has 1 N–H and O–H groups in total. The van der Waals surface area contributed by atoms with Gasteiger partial charge < -0.3 is 10.1 Å². The molecule has 0 saturated heterocycles. The maximum atomic E-state index is 13.0. The topological polar surface area (TPSA) is 74.0 Å². The van der Waals surface area contributed by atoms with Crippen LogP contribution in [0.4, 0.5) is 18.9 Å². The molecule has 0 fully saturated rings. The van der Waals surface area contributed by atoms with Gasteiger partial charge in [-0.1, -0.05) is 15.9 Å². The molecule has 1 amide bonds. The standard InChI is InChI=1S/C18H16Br2F3N5O2/c1-10-15(20)16(18(21,22)23)26-28(10)11(2)17(29)25-13-7-24-27(8-13)9-30-14-5-3-12(19)4-6-14/h3-8,11H,9H2,1-2H3,(H,25,29). The highest BCUT2D eigenvalue weighted by atomic mass is 79.9. The molecule has 0 aliphatic carbocycles. The number of hydrogen-bond acceptors (Lipinski definition) is 4. The molecule has 3 aromatic rings. The van der Waals surface area contributed by atoms with Crippen molar-refractivity contribution in [1.82, 2.24) is 19.6 Å². The molecule has 160 valence electrons. The summed E-state index contributed by atoms with van der Waals surface area (Å²) in [6.07, 6.45) is -1.65. The molecular weight excluding hydrogens is 535 g/mol. The summed E-state index contributed by atoms with van der Waals surface area (Å²) in [5, 5.41) is 10.3. The van der Waals surface area contributed by atoms with Crippen molar-refractivity contribution in [3.05, 3.63) is 57.0 Å². The van der Waals surface area contributed by atoms with E-state index in [1.54, 1.807) is 18.3 Å². The maximum absolute atomic E-state index is 13.0. The Morgan fingerprint density at radius 1 is 1.27 bits per heavy atom. The number of amides is 1. The van der Waals surface area contributed by atoms with Gasteiger partial charge in [0.2, 0.25) is 5.91 Å². The quantitative estimate of drug-likeness (QED) is 0.459. The number of anilines is 1. The number of benzene rings is 1. The van der Waals surface area contributed by atoms with E-state index in [-0.39, 0.29) is 16.9 Å². The fraction of sp³-hybridized carbons (Fsp3) is 0.278. The van der Waals surface area contributed by atoms with Gasteiger partial charge in [-0.25, -0.2) is 4.68 Å². The summed E-state index contributed by atoms with van der Waals surface area (Å²) in [4.78, 5) is 12.5. The third-order valence-electron chi connectivity index (χ3n) is 4.17. The third-order valence-corrected chi connectivity index (χ3v) is 5.65. The van der Waals surface area contributed by atoms with Crippen molar-refractivity contribution in [2.24, 2.45) is 0 Å². The predicted molar refractivity (Wildman–Crippen MR) is 110 cm³/mol. The smallest absolute Gasteiger partial charge is 0.436 e. The molecule has 30 heavy (non-hydrogen) atoms. The number of alkyl halides is 3. The van der Waals surface area contributed by atoms with Crippen molar-refractivity contribution in [3.63, 3.8) is 0 Å². The first kappa shape index (κ1) is 22.3. The lowest BCUT2D eigenvalue weighted by atomic mass is 10.3. The Labute approximate surface area is 186 Å². The molecule has 0 aliphatic heterocycles. The second kappa shape index (κ2) is 8.80. The van der Waals surface area contributed by atoms with E-state index >= 15 is 0 Å². The molecular formula is C18H16Br2F3N5O2. The van der Waals surface area contributed by atoms with Gasteiger partial charge in [0.25, 0.3) is 0 Å². The molecule has 2 aromatic heterocycles. The van der Waals surface area contributed by atoms with Crippen molar-refractivity contribution in [2.45, 2.75) is 32.8 Å². The molecule has 0 bridgehead atoms. The zero-order chi connectivity index (χ0) is 22.1. The maximum Gasteiger partial charge on any atom is 0.436 e. The Hall–Kier alpha value is -2.34. The number of carbonyl (C=O) groups excluding carboxylic acids is 1. The molecule has 0 saturated carbocycles. The molecule has 3 rings (SSSR count). The highest BCUT2D eigenvalue weighted by Crippen LogP contribution is 2.36. The first-order chi connectivity index (χ1) is 14.1. The van der Waals surface area contributed by atoms with Crippen LogP contribution < -0.4 is 10.1 Å². The van der Waals surface area contributed by atoms with Crippen LogP contribution in [-0.2, 0) is 17.7 Å². The molecule has 0 spiro atoms. The second-order valence-electron chi connectivity index (χ2n) is 6.35. The van der Waals surface area contributed by atoms with Crippen molar-refractivity contribution >= 4 is 43.5 Å². The summed E-state index contributed by atoms with van der Waals surface area (Å²) < 4.78 is 47.9. The number of carbonyl (C=O) groups is 1. The van der Waals surface area contributed by atoms with E-state index in [2.05, 4.69) is 47.4 Å². The van der Waals surface area contributed by atoms with Crippen molar-refractivity contribution in [3.8, 4) is 5.75 Å². The van der Waals surface area contributed by atoms with E-state index in [4.69, 9.17) is 4.74 Å². The number of hydrogen-bond donors (Lipinski definition) is 1. The number of halogens is 5. The van der Waals surface area contributed by atoms with Gasteiger partial charge in [-0.05, 0) is 54.0 Å². The average Bonchev–Trinajstić information content (AvgIpc) is 3.25.